The van der Waals surface area contributed by atoms with Crippen molar-refractivity contribution in [2.75, 3.05) is 31.5 Å². The van der Waals surface area contributed by atoms with Crippen molar-refractivity contribution in [2.24, 2.45) is 0 Å². The monoisotopic (exact) mass is 385 g/mol. The standard InChI is InChI=1S/C21H27N3O2S/c1-3-17-5-7-19(8-6-17)22-20(25)16(2)23-10-4-11-24(13-12-23)21(26)18-9-14-27-15-18/h5-9,14-16H,3-4,10-13H2,1-2H3,(H,22,25). The van der Waals surface area contributed by atoms with Gasteiger partial charge in [0.15, 0.2) is 0 Å². The summed E-state index contributed by atoms with van der Waals surface area (Å²) in [6, 6.07) is 9.63. The summed E-state index contributed by atoms with van der Waals surface area (Å²) >= 11 is 1.54. The number of rotatable bonds is 5. The summed E-state index contributed by atoms with van der Waals surface area (Å²) < 4.78 is 0. The van der Waals surface area contributed by atoms with E-state index in [0.717, 1.165) is 37.2 Å². The van der Waals surface area contributed by atoms with E-state index in [0.29, 0.717) is 13.1 Å². The van der Waals surface area contributed by atoms with Gasteiger partial charge in [-0.15, -0.1) is 0 Å². The predicted molar refractivity (Wildman–Crippen MR) is 110 cm³/mol. The normalized spacial score (nSPS) is 16.6. The summed E-state index contributed by atoms with van der Waals surface area (Å²) in [5, 5.41) is 6.83. The van der Waals surface area contributed by atoms with E-state index in [9.17, 15) is 9.59 Å². The van der Waals surface area contributed by atoms with Gasteiger partial charge in [-0.05, 0) is 48.9 Å². The molecule has 1 N–H and O–H groups in total. The number of hydrogen-bond donors (Lipinski definition) is 1. The second kappa shape index (κ2) is 9.15. The van der Waals surface area contributed by atoms with Crippen LogP contribution in [0.15, 0.2) is 41.1 Å². The molecule has 27 heavy (non-hydrogen) atoms. The first-order valence-corrected chi connectivity index (χ1v) is 10.5. The maximum atomic E-state index is 12.6. The van der Waals surface area contributed by atoms with Crippen molar-refractivity contribution in [2.45, 2.75) is 32.7 Å². The first kappa shape index (κ1) is 19.6. The van der Waals surface area contributed by atoms with Crippen molar-refractivity contribution in [3.63, 3.8) is 0 Å². The van der Waals surface area contributed by atoms with E-state index in [-0.39, 0.29) is 17.9 Å². The molecule has 1 aliphatic rings. The van der Waals surface area contributed by atoms with E-state index >= 15 is 0 Å². The fraction of sp³-hybridized carbons (Fsp3) is 0.429. The quantitative estimate of drug-likeness (QED) is 0.857. The lowest BCUT2D eigenvalue weighted by atomic mass is 10.1. The predicted octanol–water partition coefficient (Wildman–Crippen LogP) is 3.49. The molecular weight excluding hydrogens is 358 g/mol. The van der Waals surface area contributed by atoms with Crippen LogP contribution >= 0.6 is 11.3 Å². The molecule has 144 valence electrons. The van der Waals surface area contributed by atoms with Crippen LogP contribution in [0.1, 0.15) is 36.2 Å². The minimum Gasteiger partial charge on any atom is -0.337 e. The number of nitrogens with zero attached hydrogens (tertiary/aromatic N) is 2. The van der Waals surface area contributed by atoms with Crippen LogP contribution in [0.5, 0.6) is 0 Å². The molecule has 1 saturated heterocycles. The van der Waals surface area contributed by atoms with Gasteiger partial charge in [-0.1, -0.05) is 19.1 Å². The highest BCUT2D eigenvalue weighted by Gasteiger charge is 2.26. The molecule has 2 aromatic rings. The second-order valence-corrected chi connectivity index (χ2v) is 7.69. The molecule has 2 heterocycles. The van der Waals surface area contributed by atoms with Gasteiger partial charge in [0.2, 0.25) is 5.91 Å². The molecule has 1 aliphatic heterocycles. The number of aryl methyl sites for hydroxylation is 1. The van der Waals surface area contributed by atoms with E-state index in [1.807, 2.05) is 52.9 Å². The van der Waals surface area contributed by atoms with Gasteiger partial charge in [0.1, 0.15) is 0 Å². The highest BCUT2D eigenvalue weighted by molar-refractivity contribution is 7.08. The van der Waals surface area contributed by atoms with Crippen molar-refractivity contribution in [3.8, 4) is 0 Å². The summed E-state index contributed by atoms with van der Waals surface area (Å²) in [5.74, 6) is 0.0862. The van der Waals surface area contributed by atoms with Crippen LogP contribution in [0, 0.1) is 0 Å². The Kier molecular flexibility index (Phi) is 6.63. The molecule has 0 saturated carbocycles. The SMILES string of the molecule is CCc1ccc(NC(=O)C(C)N2CCCN(C(=O)c3ccsc3)CC2)cc1. The number of anilines is 1. The zero-order chi connectivity index (χ0) is 19.2. The number of benzene rings is 1. The Hall–Kier alpha value is -2.18. The van der Waals surface area contributed by atoms with E-state index in [1.54, 1.807) is 0 Å². The third kappa shape index (κ3) is 4.96. The summed E-state index contributed by atoms with van der Waals surface area (Å²) in [6.45, 7) is 6.96. The zero-order valence-electron chi connectivity index (χ0n) is 16.0. The number of amides is 2. The largest absolute Gasteiger partial charge is 0.337 e. The first-order valence-electron chi connectivity index (χ1n) is 9.54. The third-order valence-corrected chi connectivity index (χ3v) is 5.83. The van der Waals surface area contributed by atoms with Crippen molar-refractivity contribution < 1.29 is 9.59 Å². The van der Waals surface area contributed by atoms with Crippen molar-refractivity contribution in [3.05, 3.63) is 52.2 Å². The molecule has 5 nitrogen and oxygen atoms in total. The molecule has 1 atom stereocenters. The van der Waals surface area contributed by atoms with E-state index in [2.05, 4.69) is 17.1 Å². The molecular formula is C21H27N3O2S. The van der Waals surface area contributed by atoms with Gasteiger partial charge in [-0.2, -0.15) is 11.3 Å². The van der Waals surface area contributed by atoms with Gasteiger partial charge < -0.3 is 10.2 Å². The van der Waals surface area contributed by atoms with Crippen molar-refractivity contribution in [1.29, 1.82) is 0 Å². The first-order chi connectivity index (χ1) is 13.1. The van der Waals surface area contributed by atoms with E-state index in [1.165, 1.54) is 16.9 Å². The van der Waals surface area contributed by atoms with Crippen LogP contribution < -0.4 is 5.32 Å². The highest BCUT2D eigenvalue weighted by atomic mass is 32.1. The van der Waals surface area contributed by atoms with Crippen molar-refractivity contribution in [1.82, 2.24) is 9.80 Å². The summed E-state index contributed by atoms with van der Waals surface area (Å²) in [6.07, 6.45) is 1.86. The van der Waals surface area contributed by atoms with Gasteiger partial charge in [-0.25, -0.2) is 0 Å². The number of hydrogen-bond acceptors (Lipinski definition) is 4. The molecule has 1 unspecified atom stereocenters. The van der Waals surface area contributed by atoms with Gasteiger partial charge in [0, 0.05) is 37.2 Å². The number of carbonyl (C=O) groups excluding carboxylic acids is 2. The molecule has 1 aromatic carbocycles. The summed E-state index contributed by atoms with van der Waals surface area (Å²) in [4.78, 5) is 29.3. The Morgan fingerprint density at radius 2 is 1.89 bits per heavy atom. The van der Waals surface area contributed by atoms with Gasteiger partial charge in [-0.3, -0.25) is 14.5 Å². The van der Waals surface area contributed by atoms with Crippen molar-refractivity contribution >= 4 is 28.8 Å². The Morgan fingerprint density at radius 3 is 2.56 bits per heavy atom. The zero-order valence-corrected chi connectivity index (χ0v) is 16.8. The average Bonchev–Trinajstić information content (AvgIpc) is 3.12. The summed E-state index contributed by atoms with van der Waals surface area (Å²) in [7, 11) is 0. The lowest BCUT2D eigenvalue weighted by molar-refractivity contribution is -0.120. The lowest BCUT2D eigenvalue weighted by Crippen LogP contribution is -2.44. The lowest BCUT2D eigenvalue weighted by Gasteiger charge is -2.27. The number of carbonyl (C=O) groups is 2. The fourth-order valence-corrected chi connectivity index (χ4v) is 3.96. The Balaban J connectivity index is 1.55. The maximum absolute atomic E-state index is 12.6. The maximum Gasteiger partial charge on any atom is 0.254 e. The molecule has 3 rings (SSSR count). The average molecular weight is 386 g/mol. The second-order valence-electron chi connectivity index (χ2n) is 6.91. The molecule has 1 aromatic heterocycles. The minimum atomic E-state index is -0.230. The molecule has 0 spiro atoms. The summed E-state index contributed by atoms with van der Waals surface area (Å²) in [5.41, 5.74) is 2.84. The van der Waals surface area contributed by atoms with Crippen LogP contribution in [-0.2, 0) is 11.2 Å². The van der Waals surface area contributed by atoms with Gasteiger partial charge >= 0.3 is 0 Å². The van der Waals surface area contributed by atoms with Crippen LogP contribution in [0.25, 0.3) is 0 Å². The molecule has 1 fully saturated rings. The number of thiophene rings is 1. The molecule has 0 radical (unpaired) electrons. The number of nitrogens with one attached hydrogen (secondary N) is 1. The highest BCUT2D eigenvalue weighted by Crippen LogP contribution is 2.15. The Morgan fingerprint density at radius 1 is 1.11 bits per heavy atom. The minimum absolute atomic E-state index is 0.00291. The van der Waals surface area contributed by atoms with Crippen LogP contribution in [0.2, 0.25) is 0 Å². The molecule has 0 bridgehead atoms. The molecule has 6 heteroatoms. The van der Waals surface area contributed by atoms with Crippen LogP contribution in [0.4, 0.5) is 5.69 Å². The van der Waals surface area contributed by atoms with Gasteiger partial charge in [0.25, 0.3) is 5.91 Å². The van der Waals surface area contributed by atoms with Crippen LogP contribution in [0.3, 0.4) is 0 Å². The molecule has 2 amide bonds. The fourth-order valence-electron chi connectivity index (χ4n) is 3.33. The van der Waals surface area contributed by atoms with Gasteiger partial charge in [0.05, 0.1) is 11.6 Å². The van der Waals surface area contributed by atoms with E-state index < -0.39 is 0 Å². The Bertz CT molecular complexity index is 758. The van der Waals surface area contributed by atoms with E-state index in [4.69, 9.17) is 0 Å². The third-order valence-electron chi connectivity index (χ3n) is 5.14. The van der Waals surface area contributed by atoms with Crippen LogP contribution in [-0.4, -0.2) is 53.8 Å². The smallest absolute Gasteiger partial charge is 0.254 e. The Labute approximate surface area is 165 Å². The molecule has 0 aliphatic carbocycles. The topological polar surface area (TPSA) is 52.7 Å².